The Labute approximate surface area is 187 Å². The van der Waals surface area contributed by atoms with Gasteiger partial charge in [-0.2, -0.15) is 0 Å². The molecule has 0 radical (unpaired) electrons. The van der Waals surface area contributed by atoms with E-state index in [2.05, 4.69) is 6.92 Å². The molecular formula is C25H54N2O3. The van der Waals surface area contributed by atoms with Gasteiger partial charge in [0, 0.05) is 12.8 Å². The average molecular weight is 431 g/mol. The Morgan fingerprint density at radius 3 is 1.23 bits per heavy atom. The second kappa shape index (κ2) is 30.5. The van der Waals surface area contributed by atoms with E-state index in [1.54, 1.807) is 0 Å². The summed E-state index contributed by atoms with van der Waals surface area (Å²) in [6.07, 6.45) is 26.9. The molecule has 5 N–H and O–H groups in total. The Morgan fingerprint density at radius 2 is 1.00 bits per heavy atom. The number of aliphatic carboxylic acids is 1. The van der Waals surface area contributed by atoms with E-state index in [1.807, 2.05) is 0 Å². The second-order valence-corrected chi connectivity index (χ2v) is 8.61. The minimum atomic E-state index is -0.651. The Kier molecular flexibility index (Phi) is 32.1. The maximum absolute atomic E-state index is 10.4. The van der Waals surface area contributed by atoms with Gasteiger partial charge >= 0.3 is 5.97 Å². The molecule has 0 aromatic heterocycles. The van der Waals surface area contributed by atoms with Crippen LogP contribution >= 0.6 is 0 Å². The number of hydrogen-bond donors (Lipinski definition) is 3. The van der Waals surface area contributed by atoms with E-state index in [0.29, 0.717) is 19.5 Å². The van der Waals surface area contributed by atoms with Gasteiger partial charge in [-0.25, -0.2) is 0 Å². The summed E-state index contributed by atoms with van der Waals surface area (Å²) in [4.78, 5) is 10.4. The topological polar surface area (TPSA) is 103 Å². The third-order valence-electron chi connectivity index (χ3n) is 5.52. The van der Waals surface area contributed by atoms with E-state index in [9.17, 15) is 10.0 Å². The molecule has 182 valence electrons. The highest BCUT2D eigenvalue weighted by Gasteiger charge is 1.97. The van der Waals surface area contributed by atoms with Crippen molar-refractivity contribution in [2.24, 2.45) is 5.73 Å². The van der Waals surface area contributed by atoms with Crippen molar-refractivity contribution in [3.8, 4) is 0 Å². The molecule has 0 aliphatic carbocycles. The predicted octanol–water partition coefficient (Wildman–Crippen LogP) is 6.29. The van der Waals surface area contributed by atoms with Gasteiger partial charge in [0.2, 0.25) is 0 Å². The van der Waals surface area contributed by atoms with Gasteiger partial charge in [-0.05, 0) is 13.0 Å². The molecule has 0 amide bonds. The number of nitrogens with two attached hydrogens (primary N) is 2. The molecule has 0 aromatic rings. The standard InChI is InChI=1S/C22H44O2.C3H10N2O/c1-2-3-4-5-6-7-8-9-10-11-12-13-14-15-16-17-18-19-20-21-22(23)24;4-2-1-3-5-6/h2-21H2,1H3,(H,23,24);1-5H2. The van der Waals surface area contributed by atoms with Crippen LogP contribution in [0.25, 0.3) is 0 Å². The fourth-order valence-corrected chi connectivity index (χ4v) is 3.56. The monoisotopic (exact) mass is 430 g/mol. The largest absolute Gasteiger partial charge is 0.636 e. The van der Waals surface area contributed by atoms with Crippen molar-refractivity contribution in [2.75, 3.05) is 13.1 Å². The summed E-state index contributed by atoms with van der Waals surface area (Å²) in [5.74, 6) is -0.651. The first-order valence-corrected chi connectivity index (χ1v) is 13.0. The van der Waals surface area contributed by atoms with Gasteiger partial charge in [0.1, 0.15) is 0 Å². The number of hydrogen-bond acceptors (Lipinski definition) is 3. The van der Waals surface area contributed by atoms with Gasteiger partial charge in [0.25, 0.3) is 0 Å². The number of rotatable bonds is 23. The first-order valence-electron chi connectivity index (χ1n) is 13.0. The molecule has 5 nitrogen and oxygen atoms in total. The zero-order chi connectivity index (χ0) is 22.5. The van der Waals surface area contributed by atoms with Crippen LogP contribution in [0.15, 0.2) is 0 Å². The summed E-state index contributed by atoms with van der Waals surface area (Å²) in [6, 6.07) is 0. The normalized spacial score (nSPS) is 10.6. The van der Waals surface area contributed by atoms with Crippen LogP contribution in [0.3, 0.4) is 0 Å². The minimum Gasteiger partial charge on any atom is -0.636 e. The fraction of sp³-hybridized carbons (Fsp3) is 0.960. The SMILES string of the molecule is CCCCCCCCCCCCCCCCCCCCCC(=O)O.NCCC[NH2+][O-]. The van der Waals surface area contributed by atoms with Gasteiger partial charge in [-0.1, -0.05) is 122 Å². The molecule has 0 saturated carbocycles. The van der Waals surface area contributed by atoms with E-state index >= 15 is 0 Å². The van der Waals surface area contributed by atoms with Gasteiger partial charge in [0.05, 0.1) is 6.54 Å². The van der Waals surface area contributed by atoms with Crippen LogP contribution in [0.4, 0.5) is 0 Å². The van der Waals surface area contributed by atoms with Crippen LogP contribution in [0, 0.1) is 5.21 Å². The van der Waals surface area contributed by atoms with Crippen LogP contribution in [0.5, 0.6) is 0 Å². The van der Waals surface area contributed by atoms with Crippen LogP contribution in [0.1, 0.15) is 142 Å². The van der Waals surface area contributed by atoms with E-state index < -0.39 is 5.97 Å². The Bertz CT molecular complexity index is 311. The highest BCUT2D eigenvalue weighted by Crippen LogP contribution is 2.14. The molecule has 0 spiro atoms. The van der Waals surface area contributed by atoms with Crippen molar-refractivity contribution in [2.45, 2.75) is 142 Å². The van der Waals surface area contributed by atoms with Crippen molar-refractivity contribution in [1.29, 1.82) is 0 Å². The fourth-order valence-electron chi connectivity index (χ4n) is 3.56. The molecule has 0 saturated heterocycles. The maximum atomic E-state index is 10.4. The Balaban J connectivity index is 0. The van der Waals surface area contributed by atoms with Crippen molar-refractivity contribution >= 4 is 5.97 Å². The number of carboxylic acids is 1. The van der Waals surface area contributed by atoms with Crippen molar-refractivity contribution < 1.29 is 15.4 Å². The van der Waals surface area contributed by atoms with Crippen molar-refractivity contribution in [3.05, 3.63) is 5.21 Å². The number of carbonyl (C=O) groups is 1. The van der Waals surface area contributed by atoms with Crippen molar-refractivity contribution in [1.82, 2.24) is 0 Å². The minimum absolute atomic E-state index is 0.346. The molecule has 0 heterocycles. The van der Waals surface area contributed by atoms with Gasteiger partial charge in [-0.15, -0.1) is 0 Å². The highest BCUT2D eigenvalue weighted by atomic mass is 16.5. The van der Waals surface area contributed by atoms with E-state index in [-0.39, 0.29) is 0 Å². The first-order chi connectivity index (χ1) is 14.7. The number of carboxylic acid groups (broad SMARTS) is 1. The molecule has 0 bridgehead atoms. The van der Waals surface area contributed by atoms with Gasteiger partial charge in [0.15, 0.2) is 0 Å². The summed E-state index contributed by atoms with van der Waals surface area (Å²) in [5, 5.41) is 18.1. The lowest BCUT2D eigenvalue weighted by atomic mass is 10.0. The molecule has 0 aliphatic rings. The van der Waals surface area contributed by atoms with Gasteiger partial charge in [-0.3, -0.25) is 4.79 Å². The van der Waals surface area contributed by atoms with E-state index in [0.717, 1.165) is 24.7 Å². The number of quaternary nitrogens is 1. The second-order valence-electron chi connectivity index (χ2n) is 8.61. The van der Waals surface area contributed by atoms with E-state index in [4.69, 9.17) is 10.8 Å². The summed E-state index contributed by atoms with van der Waals surface area (Å²) < 4.78 is 0. The smallest absolute Gasteiger partial charge is 0.303 e. The lowest BCUT2D eigenvalue weighted by Gasteiger charge is -2.03. The number of unbranched alkanes of at least 4 members (excludes halogenated alkanes) is 18. The summed E-state index contributed by atoms with van der Waals surface area (Å²) in [6.45, 7) is 3.51. The summed E-state index contributed by atoms with van der Waals surface area (Å²) in [7, 11) is 0. The maximum Gasteiger partial charge on any atom is 0.303 e. The zero-order valence-corrected chi connectivity index (χ0v) is 20.2. The Hall–Kier alpha value is -0.650. The third kappa shape index (κ3) is 34.8. The molecule has 30 heavy (non-hydrogen) atoms. The molecule has 5 heteroatoms. The summed E-state index contributed by atoms with van der Waals surface area (Å²) >= 11 is 0. The van der Waals surface area contributed by atoms with Crippen LogP contribution in [-0.4, -0.2) is 24.2 Å². The van der Waals surface area contributed by atoms with Crippen LogP contribution < -0.4 is 11.2 Å². The van der Waals surface area contributed by atoms with Crippen molar-refractivity contribution in [3.63, 3.8) is 0 Å². The average Bonchev–Trinajstić information content (AvgIpc) is 2.74. The first kappa shape index (κ1) is 31.5. The molecular weight excluding hydrogens is 376 g/mol. The molecule has 0 unspecified atom stereocenters. The van der Waals surface area contributed by atoms with E-state index in [1.165, 1.54) is 109 Å². The molecule has 0 atom stereocenters. The zero-order valence-electron chi connectivity index (χ0n) is 20.2. The van der Waals surface area contributed by atoms with Gasteiger partial charge < -0.3 is 21.5 Å². The predicted molar refractivity (Wildman–Crippen MR) is 129 cm³/mol. The summed E-state index contributed by atoms with van der Waals surface area (Å²) in [5.41, 5.74) is 5.94. The van der Waals surface area contributed by atoms with Crippen LogP contribution in [0.2, 0.25) is 0 Å². The third-order valence-corrected chi connectivity index (χ3v) is 5.52. The molecule has 0 fully saturated rings. The quantitative estimate of drug-likeness (QED) is 0.131. The lowest BCUT2D eigenvalue weighted by Crippen LogP contribution is -2.77. The Morgan fingerprint density at radius 1 is 0.667 bits per heavy atom. The number of hydroxylamine groups is 1. The molecule has 0 rings (SSSR count). The van der Waals surface area contributed by atoms with Crippen LogP contribution in [-0.2, 0) is 4.79 Å². The highest BCUT2D eigenvalue weighted by molar-refractivity contribution is 5.66. The molecule has 0 aliphatic heterocycles. The lowest BCUT2D eigenvalue weighted by molar-refractivity contribution is -0.588. The molecule has 0 aromatic carbocycles.